The van der Waals surface area contributed by atoms with Gasteiger partial charge in [-0.15, -0.1) is 0 Å². The van der Waals surface area contributed by atoms with Gasteiger partial charge < -0.3 is 19.7 Å². The van der Waals surface area contributed by atoms with Crippen LogP contribution in [-0.4, -0.2) is 53.5 Å². The number of nitrogens with zero attached hydrogens (tertiary/aromatic N) is 5. The van der Waals surface area contributed by atoms with Crippen LogP contribution < -0.4 is 0 Å². The minimum absolute atomic E-state index is 0.0204. The predicted molar refractivity (Wildman–Crippen MR) is 94.0 cm³/mol. The van der Waals surface area contributed by atoms with Gasteiger partial charge in [-0.1, -0.05) is 12.1 Å². The molecule has 3 heterocycles. The van der Waals surface area contributed by atoms with E-state index in [0.717, 1.165) is 23.1 Å². The molecule has 4 rings (SSSR count). The first-order valence-corrected chi connectivity index (χ1v) is 8.69. The molecule has 3 aromatic rings. The number of amides is 1. The van der Waals surface area contributed by atoms with Crippen LogP contribution in [0, 0.1) is 0 Å². The van der Waals surface area contributed by atoms with Crippen LogP contribution in [0.3, 0.4) is 0 Å². The van der Waals surface area contributed by atoms with Crippen molar-refractivity contribution in [3.8, 4) is 0 Å². The number of aryl methyl sites for hydroxylation is 1. The summed E-state index contributed by atoms with van der Waals surface area (Å²) in [6.45, 7) is 1.65. The van der Waals surface area contributed by atoms with E-state index in [-0.39, 0.29) is 19.1 Å². The molecule has 0 radical (unpaired) electrons. The lowest BCUT2D eigenvalue weighted by molar-refractivity contribution is -0.132. The first-order chi connectivity index (χ1) is 12.7. The highest BCUT2D eigenvalue weighted by Gasteiger charge is 2.22. The van der Waals surface area contributed by atoms with Gasteiger partial charge in [0.25, 0.3) is 0 Å². The zero-order valence-electron chi connectivity index (χ0n) is 14.3. The second-order valence-corrected chi connectivity index (χ2v) is 6.51. The van der Waals surface area contributed by atoms with Crippen LogP contribution in [0.2, 0.25) is 0 Å². The Morgan fingerprint density at radius 1 is 1.27 bits per heavy atom. The topological polar surface area (TPSA) is 96.4 Å². The fourth-order valence-electron chi connectivity index (χ4n) is 3.34. The van der Waals surface area contributed by atoms with Gasteiger partial charge in [-0.3, -0.25) is 9.48 Å². The summed E-state index contributed by atoms with van der Waals surface area (Å²) >= 11 is 0. The average Bonchev–Trinajstić information content (AvgIpc) is 3.19. The van der Waals surface area contributed by atoms with Gasteiger partial charge in [0.2, 0.25) is 5.91 Å². The van der Waals surface area contributed by atoms with E-state index in [1.54, 1.807) is 12.4 Å². The van der Waals surface area contributed by atoms with E-state index in [0.29, 0.717) is 25.3 Å². The van der Waals surface area contributed by atoms with Crippen LogP contribution in [-0.2, 0) is 24.4 Å². The number of aliphatic hydroxyl groups excluding tert-OH is 2. The maximum absolute atomic E-state index is 12.8. The lowest BCUT2D eigenvalue weighted by Crippen LogP contribution is -2.33. The van der Waals surface area contributed by atoms with Gasteiger partial charge in [-0.2, -0.15) is 5.10 Å². The van der Waals surface area contributed by atoms with Crippen LogP contribution in [0.15, 0.2) is 36.7 Å². The summed E-state index contributed by atoms with van der Waals surface area (Å²) in [6.07, 6.45) is 1.50. The number of hydrogen-bond donors (Lipinski definition) is 2. The van der Waals surface area contributed by atoms with Crippen LogP contribution >= 0.6 is 0 Å². The molecular weight excluding hydrogens is 334 g/mol. The average molecular weight is 355 g/mol. The Balaban J connectivity index is 1.52. The number of rotatable bonds is 4. The first kappa shape index (κ1) is 16.7. The van der Waals surface area contributed by atoms with E-state index in [4.69, 9.17) is 5.11 Å². The molecule has 0 unspecified atom stereocenters. The third-order valence-corrected chi connectivity index (χ3v) is 4.73. The molecule has 1 aromatic carbocycles. The lowest BCUT2D eigenvalue weighted by Gasteiger charge is -2.20. The number of aliphatic hydroxyl groups is 2. The van der Waals surface area contributed by atoms with Crippen molar-refractivity contribution in [3.63, 3.8) is 0 Å². The zero-order valence-corrected chi connectivity index (χ0v) is 14.3. The second kappa shape index (κ2) is 6.89. The van der Waals surface area contributed by atoms with E-state index in [2.05, 4.69) is 10.1 Å². The van der Waals surface area contributed by atoms with E-state index in [9.17, 15) is 9.90 Å². The molecule has 1 aliphatic heterocycles. The van der Waals surface area contributed by atoms with Crippen molar-refractivity contribution in [1.29, 1.82) is 0 Å². The quantitative estimate of drug-likeness (QED) is 0.718. The molecule has 0 saturated heterocycles. The maximum atomic E-state index is 12.8. The fourth-order valence-corrected chi connectivity index (χ4v) is 3.34. The predicted octanol–water partition coefficient (Wildman–Crippen LogP) is 0.691. The number of benzene rings is 1. The molecule has 0 aliphatic carbocycles. The van der Waals surface area contributed by atoms with Gasteiger partial charge in [0.1, 0.15) is 12.6 Å². The summed E-state index contributed by atoms with van der Waals surface area (Å²) in [5.74, 6) is 0.0204. The van der Waals surface area contributed by atoms with Gasteiger partial charge in [0.05, 0.1) is 41.9 Å². The molecule has 26 heavy (non-hydrogen) atoms. The highest BCUT2D eigenvalue weighted by molar-refractivity contribution is 5.80. The summed E-state index contributed by atoms with van der Waals surface area (Å²) in [5.41, 5.74) is 3.12. The van der Waals surface area contributed by atoms with E-state index in [1.807, 2.05) is 38.4 Å². The first-order valence-electron chi connectivity index (χ1n) is 8.69. The standard InChI is InChI=1S/C18H21N5O3/c24-11-17(25)15-8-13-9-21(6-3-7-23(13)20-15)18(26)10-22-12-19-14-4-1-2-5-16(14)22/h1-2,4-5,8,12,17,24-25H,3,6-7,9-11H2/t17-/m0/s1. The van der Waals surface area contributed by atoms with Crippen molar-refractivity contribution in [2.45, 2.75) is 32.2 Å². The second-order valence-electron chi connectivity index (χ2n) is 6.51. The number of aromatic nitrogens is 4. The Labute approximate surface area is 150 Å². The molecule has 136 valence electrons. The minimum atomic E-state index is -0.990. The molecule has 0 spiro atoms. The van der Waals surface area contributed by atoms with Gasteiger partial charge in [-0.25, -0.2) is 4.98 Å². The number of carbonyl (C=O) groups is 1. The Hall–Kier alpha value is -2.71. The van der Waals surface area contributed by atoms with Crippen LogP contribution in [0.1, 0.15) is 23.9 Å². The third kappa shape index (κ3) is 3.09. The number of hydrogen-bond acceptors (Lipinski definition) is 5. The zero-order chi connectivity index (χ0) is 18.1. The minimum Gasteiger partial charge on any atom is -0.393 e. The molecule has 1 aliphatic rings. The Bertz CT molecular complexity index is 932. The van der Waals surface area contributed by atoms with Crippen LogP contribution in [0.25, 0.3) is 11.0 Å². The van der Waals surface area contributed by atoms with E-state index in [1.165, 1.54) is 0 Å². The highest BCUT2D eigenvalue weighted by atomic mass is 16.3. The van der Waals surface area contributed by atoms with Crippen molar-refractivity contribution < 1.29 is 15.0 Å². The smallest absolute Gasteiger partial charge is 0.242 e. The molecule has 2 aromatic heterocycles. The SMILES string of the molecule is O=C(Cn1cnc2ccccc21)N1CCCn2nc([C@@H](O)CO)cc2C1. The molecule has 8 heteroatoms. The number of fused-ring (bicyclic) bond motifs is 2. The van der Waals surface area contributed by atoms with Crippen LogP contribution in [0.5, 0.6) is 0 Å². The van der Waals surface area contributed by atoms with Crippen molar-refractivity contribution in [2.75, 3.05) is 13.2 Å². The molecule has 1 atom stereocenters. The normalized spacial score (nSPS) is 15.7. The maximum Gasteiger partial charge on any atom is 0.242 e. The van der Waals surface area contributed by atoms with Crippen LogP contribution in [0.4, 0.5) is 0 Å². The van der Waals surface area contributed by atoms with Crippen molar-refractivity contribution in [1.82, 2.24) is 24.2 Å². The molecule has 0 fully saturated rings. The summed E-state index contributed by atoms with van der Waals surface area (Å²) in [5, 5.41) is 23.2. The number of para-hydroxylation sites is 2. The number of imidazole rings is 1. The molecule has 8 nitrogen and oxygen atoms in total. The third-order valence-electron chi connectivity index (χ3n) is 4.73. The van der Waals surface area contributed by atoms with Gasteiger partial charge in [-0.05, 0) is 24.6 Å². The highest BCUT2D eigenvalue weighted by Crippen LogP contribution is 2.19. The molecular formula is C18H21N5O3. The molecule has 0 saturated carbocycles. The van der Waals surface area contributed by atoms with E-state index < -0.39 is 6.10 Å². The van der Waals surface area contributed by atoms with E-state index >= 15 is 0 Å². The lowest BCUT2D eigenvalue weighted by atomic mass is 10.2. The molecule has 2 N–H and O–H groups in total. The summed E-state index contributed by atoms with van der Waals surface area (Å²) in [7, 11) is 0. The Kier molecular flexibility index (Phi) is 4.44. The summed E-state index contributed by atoms with van der Waals surface area (Å²) in [4.78, 5) is 19.0. The van der Waals surface area contributed by atoms with Gasteiger partial charge >= 0.3 is 0 Å². The summed E-state index contributed by atoms with van der Waals surface area (Å²) in [6, 6.07) is 9.50. The molecule has 1 amide bonds. The van der Waals surface area contributed by atoms with Gasteiger partial charge in [0, 0.05) is 13.1 Å². The van der Waals surface area contributed by atoms with Crippen molar-refractivity contribution in [2.24, 2.45) is 0 Å². The fraction of sp³-hybridized carbons (Fsp3) is 0.389. The Morgan fingerprint density at radius 3 is 2.96 bits per heavy atom. The van der Waals surface area contributed by atoms with Crippen molar-refractivity contribution in [3.05, 3.63) is 48.0 Å². The number of carbonyl (C=O) groups excluding carboxylic acids is 1. The van der Waals surface area contributed by atoms with Gasteiger partial charge in [0.15, 0.2) is 0 Å². The summed E-state index contributed by atoms with van der Waals surface area (Å²) < 4.78 is 3.68. The largest absolute Gasteiger partial charge is 0.393 e. The Morgan fingerprint density at radius 2 is 2.12 bits per heavy atom. The molecule has 0 bridgehead atoms. The monoisotopic (exact) mass is 355 g/mol. The van der Waals surface area contributed by atoms with Crippen molar-refractivity contribution >= 4 is 16.9 Å².